The number of nitrogens with one attached hydrogen (secondary N) is 1. The second-order valence-corrected chi connectivity index (χ2v) is 6.96. The van der Waals surface area contributed by atoms with Gasteiger partial charge in [-0.1, -0.05) is 6.42 Å². The molecule has 1 saturated carbocycles. The van der Waals surface area contributed by atoms with Crippen molar-refractivity contribution in [3.8, 4) is 0 Å². The average molecular weight is 337 g/mol. The van der Waals surface area contributed by atoms with E-state index in [2.05, 4.69) is 5.32 Å². The van der Waals surface area contributed by atoms with Crippen molar-refractivity contribution >= 4 is 23.8 Å². The van der Waals surface area contributed by atoms with E-state index in [1.165, 1.54) is 4.90 Å². The van der Waals surface area contributed by atoms with Crippen molar-refractivity contribution in [2.24, 2.45) is 11.3 Å². The van der Waals surface area contributed by atoms with Gasteiger partial charge in [-0.25, -0.2) is 4.79 Å². The summed E-state index contributed by atoms with van der Waals surface area (Å²) in [5.74, 6) is -1.06. The number of aliphatic carboxylic acids is 1. The number of imide groups is 1. The number of carbonyl (C=O) groups excluding carboxylic acids is 3. The number of hydrogen-bond acceptors (Lipinski definition) is 4. The smallest absolute Gasteiger partial charge is 0.317 e. The maximum Gasteiger partial charge on any atom is 0.317 e. The minimum Gasteiger partial charge on any atom is -0.481 e. The van der Waals surface area contributed by atoms with Crippen LogP contribution in [0.25, 0.3) is 0 Å². The summed E-state index contributed by atoms with van der Waals surface area (Å²) >= 11 is 0. The number of fused-ring (bicyclic) bond motifs is 1. The van der Waals surface area contributed by atoms with Crippen LogP contribution in [0.2, 0.25) is 0 Å². The van der Waals surface area contributed by atoms with Gasteiger partial charge >= 0.3 is 12.0 Å². The van der Waals surface area contributed by atoms with E-state index in [-0.39, 0.29) is 43.1 Å². The first-order chi connectivity index (χ1) is 11.4. The molecular formula is C16H23N3O5. The molecule has 2 atom stereocenters. The van der Waals surface area contributed by atoms with Crippen LogP contribution in [0.5, 0.6) is 0 Å². The van der Waals surface area contributed by atoms with Crippen molar-refractivity contribution in [3.63, 3.8) is 0 Å². The Morgan fingerprint density at radius 3 is 2.58 bits per heavy atom. The highest BCUT2D eigenvalue weighted by molar-refractivity contribution is 6.01. The van der Waals surface area contributed by atoms with Crippen LogP contribution in [-0.2, 0) is 14.4 Å². The van der Waals surface area contributed by atoms with Crippen LogP contribution in [-0.4, -0.2) is 64.9 Å². The van der Waals surface area contributed by atoms with Crippen LogP contribution >= 0.6 is 0 Å². The van der Waals surface area contributed by atoms with Crippen molar-refractivity contribution < 1.29 is 24.3 Å². The molecule has 132 valence electrons. The molecule has 3 aliphatic rings. The molecule has 8 heteroatoms. The molecular weight excluding hydrogens is 314 g/mol. The highest BCUT2D eigenvalue weighted by atomic mass is 16.4. The van der Waals surface area contributed by atoms with Crippen molar-refractivity contribution in [1.82, 2.24) is 15.1 Å². The van der Waals surface area contributed by atoms with Crippen molar-refractivity contribution in [2.45, 2.75) is 38.5 Å². The predicted molar refractivity (Wildman–Crippen MR) is 83.0 cm³/mol. The molecule has 2 heterocycles. The number of carbonyl (C=O) groups is 4. The zero-order valence-electron chi connectivity index (χ0n) is 13.6. The van der Waals surface area contributed by atoms with E-state index in [1.54, 1.807) is 4.90 Å². The number of likely N-dealkylation sites (tertiary alicyclic amines) is 2. The minimum absolute atomic E-state index is 0.0422. The first kappa shape index (κ1) is 16.7. The largest absolute Gasteiger partial charge is 0.481 e. The third kappa shape index (κ3) is 2.85. The van der Waals surface area contributed by atoms with Crippen molar-refractivity contribution in [2.75, 3.05) is 26.2 Å². The lowest BCUT2D eigenvalue weighted by Crippen LogP contribution is -2.42. The summed E-state index contributed by atoms with van der Waals surface area (Å²) in [5.41, 5.74) is -0.772. The van der Waals surface area contributed by atoms with E-state index in [9.17, 15) is 24.3 Å². The van der Waals surface area contributed by atoms with Crippen LogP contribution in [0.15, 0.2) is 0 Å². The Hall–Kier alpha value is -2.12. The van der Waals surface area contributed by atoms with Crippen LogP contribution in [0.1, 0.15) is 38.5 Å². The van der Waals surface area contributed by atoms with E-state index >= 15 is 0 Å². The second-order valence-electron chi connectivity index (χ2n) is 6.96. The lowest BCUT2D eigenvalue weighted by Gasteiger charge is -2.23. The first-order valence-corrected chi connectivity index (χ1v) is 8.53. The Morgan fingerprint density at radius 1 is 1.25 bits per heavy atom. The molecule has 0 spiro atoms. The Labute approximate surface area is 140 Å². The molecule has 0 aromatic carbocycles. The number of carboxylic acids is 1. The number of nitrogens with zero attached hydrogens (tertiary/aromatic N) is 2. The van der Waals surface area contributed by atoms with E-state index in [1.807, 2.05) is 0 Å². The van der Waals surface area contributed by atoms with Gasteiger partial charge in [0.05, 0.1) is 5.41 Å². The van der Waals surface area contributed by atoms with Gasteiger partial charge in [-0.15, -0.1) is 0 Å². The van der Waals surface area contributed by atoms with Gasteiger partial charge in [0.1, 0.15) is 0 Å². The van der Waals surface area contributed by atoms with Gasteiger partial charge in [-0.3, -0.25) is 19.3 Å². The molecule has 1 aliphatic carbocycles. The molecule has 0 unspecified atom stereocenters. The van der Waals surface area contributed by atoms with Gasteiger partial charge in [0.25, 0.3) is 0 Å². The third-order valence-electron chi connectivity index (χ3n) is 5.57. The summed E-state index contributed by atoms with van der Waals surface area (Å²) in [7, 11) is 0. The van der Waals surface area contributed by atoms with Crippen LogP contribution in [0.4, 0.5) is 4.79 Å². The fraction of sp³-hybridized carbons (Fsp3) is 0.750. The molecule has 2 N–H and O–H groups in total. The van der Waals surface area contributed by atoms with Gasteiger partial charge in [-0.2, -0.15) is 0 Å². The van der Waals surface area contributed by atoms with E-state index in [0.29, 0.717) is 32.5 Å². The lowest BCUT2D eigenvalue weighted by molar-refractivity contribution is -0.149. The normalized spacial score (nSPS) is 29.2. The highest BCUT2D eigenvalue weighted by Crippen LogP contribution is 2.48. The number of hydrogen-bond donors (Lipinski definition) is 2. The zero-order chi connectivity index (χ0) is 17.3. The molecule has 0 bridgehead atoms. The summed E-state index contributed by atoms with van der Waals surface area (Å²) in [6.45, 7) is 1.43. The average Bonchev–Trinajstić information content (AvgIpc) is 3.18. The number of carboxylic acid groups (broad SMARTS) is 1. The number of amides is 4. The summed E-state index contributed by atoms with van der Waals surface area (Å²) in [6.07, 6.45) is 3.45. The topological polar surface area (TPSA) is 107 Å². The molecule has 8 nitrogen and oxygen atoms in total. The van der Waals surface area contributed by atoms with E-state index in [0.717, 1.165) is 12.8 Å². The standard InChI is InChI=1S/C16H23N3O5/c20-12-4-5-13(21)19(12)8-2-7-17-15(24)18-9-11-3-1-6-16(11,10-18)14(22)23/h11H,1-10H2,(H,17,24)(H,22,23)/t11-,16+/m0/s1. The lowest BCUT2D eigenvalue weighted by atomic mass is 9.81. The van der Waals surface area contributed by atoms with Gasteiger partial charge in [0.15, 0.2) is 0 Å². The molecule has 0 radical (unpaired) electrons. The Bertz CT molecular complexity index is 562. The molecule has 3 rings (SSSR count). The number of urea groups is 1. The molecule has 0 aromatic rings. The molecule has 24 heavy (non-hydrogen) atoms. The SMILES string of the molecule is O=C(NCCCN1C(=O)CCC1=O)N1C[C@@H]2CCC[C@@]2(C(=O)O)C1. The molecule has 2 aliphatic heterocycles. The predicted octanol–water partition coefficient (Wildman–Crippen LogP) is 0.422. The monoisotopic (exact) mass is 337 g/mol. The van der Waals surface area contributed by atoms with E-state index < -0.39 is 11.4 Å². The van der Waals surface area contributed by atoms with Gasteiger partial charge in [0.2, 0.25) is 11.8 Å². The van der Waals surface area contributed by atoms with Crippen LogP contribution < -0.4 is 5.32 Å². The summed E-state index contributed by atoms with van der Waals surface area (Å²) in [6, 6.07) is -0.260. The molecule has 3 fully saturated rings. The molecule has 2 saturated heterocycles. The van der Waals surface area contributed by atoms with E-state index in [4.69, 9.17) is 0 Å². The van der Waals surface area contributed by atoms with Gasteiger partial charge < -0.3 is 15.3 Å². The van der Waals surface area contributed by atoms with Crippen molar-refractivity contribution in [1.29, 1.82) is 0 Å². The fourth-order valence-electron chi connectivity index (χ4n) is 4.21. The maximum absolute atomic E-state index is 12.2. The third-order valence-corrected chi connectivity index (χ3v) is 5.57. The second kappa shape index (κ2) is 6.41. The fourth-order valence-corrected chi connectivity index (χ4v) is 4.21. The first-order valence-electron chi connectivity index (χ1n) is 8.53. The van der Waals surface area contributed by atoms with Crippen molar-refractivity contribution in [3.05, 3.63) is 0 Å². The summed E-state index contributed by atoms with van der Waals surface area (Å²) in [5, 5.41) is 12.3. The summed E-state index contributed by atoms with van der Waals surface area (Å²) < 4.78 is 0. The van der Waals surface area contributed by atoms with Gasteiger partial charge in [0, 0.05) is 39.0 Å². The quantitative estimate of drug-likeness (QED) is 0.558. The Kier molecular flexibility index (Phi) is 4.47. The number of rotatable bonds is 5. The molecule has 0 aromatic heterocycles. The Morgan fingerprint density at radius 2 is 1.96 bits per heavy atom. The van der Waals surface area contributed by atoms with Gasteiger partial charge in [-0.05, 0) is 25.2 Å². The van der Waals surface area contributed by atoms with Crippen LogP contribution in [0.3, 0.4) is 0 Å². The Balaban J connectivity index is 1.44. The highest BCUT2D eigenvalue weighted by Gasteiger charge is 2.55. The van der Waals surface area contributed by atoms with Crippen LogP contribution in [0, 0.1) is 11.3 Å². The minimum atomic E-state index is -0.800. The zero-order valence-corrected chi connectivity index (χ0v) is 13.6. The maximum atomic E-state index is 12.2. The summed E-state index contributed by atoms with van der Waals surface area (Å²) in [4.78, 5) is 49.7. The molecule has 4 amide bonds.